The van der Waals surface area contributed by atoms with Crippen LogP contribution < -0.4 is 5.32 Å². The van der Waals surface area contributed by atoms with E-state index in [1.54, 1.807) is 0 Å². The third-order valence-corrected chi connectivity index (χ3v) is 3.29. The number of nitrogens with zero attached hydrogens (tertiary/aromatic N) is 1. The van der Waals surface area contributed by atoms with E-state index in [1.165, 1.54) is 12.8 Å². The summed E-state index contributed by atoms with van der Waals surface area (Å²) in [5.41, 5.74) is 2.04. The highest BCUT2D eigenvalue weighted by Gasteiger charge is 2.23. The van der Waals surface area contributed by atoms with Crippen molar-refractivity contribution in [3.63, 3.8) is 0 Å². The van der Waals surface area contributed by atoms with E-state index >= 15 is 0 Å². The van der Waals surface area contributed by atoms with Crippen molar-refractivity contribution in [3.8, 4) is 0 Å². The Morgan fingerprint density at radius 2 is 2.22 bits per heavy atom. The first-order valence-corrected chi connectivity index (χ1v) is 6.51. The van der Waals surface area contributed by atoms with Gasteiger partial charge in [0.05, 0.1) is 11.0 Å². The molecular formula is C14H17N3O. The zero-order chi connectivity index (χ0) is 12.4. The second-order valence-electron chi connectivity index (χ2n) is 4.95. The van der Waals surface area contributed by atoms with Gasteiger partial charge in [-0.05, 0) is 30.9 Å². The maximum atomic E-state index is 11.5. The van der Waals surface area contributed by atoms with Crippen LogP contribution in [0.25, 0.3) is 11.0 Å². The maximum Gasteiger partial charge on any atom is 0.220 e. The molecular weight excluding hydrogens is 226 g/mol. The number of H-pyrrole nitrogens is 1. The van der Waals surface area contributed by atoms with Gasteiger partial charge in [-0.25, -0.2) is 4.98 Å². The molecule has 0 bridgehead atoms. The van der Waals surface area contributed by atoms with Crippen LogP contribution in [0.4, 0.5) is 0 Å². The summed E-state index contributed by atoms with van der Waals surface area (Å²) in [6, 6.07) is 7.96. The minimum Gasteiger partial charge on any atom is -0.356 e. The van der Waals surface area contributed by atoms with Crippen molar-refractivity contribution in [2.75, 3.05) is 6.54 Å². The number of hydrogen-bond acceptors (Lipinski definition) is 2. The summed E-state index contributed by atoms with van der Waals surface area (Å²) in [6.45, 7) is 0.658. The van der Waals surface area contributed by atoms with Crippen molar-refractivity contribution in [1.29, 1.82) is 0 Å². The number of para-hydroxylation sites is 2. The summed E-state index contributed by atoms with van der Waals surface area (Å²) in [6.07, 6.45) is 3.89. The number of aromatic nitrogens is 2. The lowest BCUT2D eigenvalue weighted by molar-refractivity contribution is -0.121. The number of benzene rings is 1. The highest BCUT2D eigenvalue weighted by molar-refractivity contribution is 5.76. The Bertz CT molecular complexity index is 524. The number of fused-ring (bicyclic) bond motifs is 1. The van der Waals surface area contributed by atoms with E-state index in [9.17, 15) is 4.79 Å². The van der Waals surface area contributed by atoms with Crippen LogP contribution in [-0.2, 0) is 11.2 Å². The SMILES string of the molecule is O=C(CC1CC1)NCCc1nc2ccccc2[nH]1. The summed E-state index contributed by atoms with van der Waals surface area (Å²) in [4.78, 5) is 19.3. The Hall–Kier alpha value is -1.84. The number of hydrogen-bond donors (Lipinski definition) is 2. The van der Waals surface area contributed by atoms with Crippen molar-refractivity contribution < 1.29 is 4.79 Å². The average molecular weight is 243 g/mol. The minimum absolute atomic E-state index is 0.175. The molecule has 1 heterocycles. The highest BCUT2D eigenvalue weighted by atomic mass is 16.1. The first-order valence-electron chi connectivity index (χ1n) is 6.51. The Labute approximate surface area is 106 Å². The molecule has 2 aromatic rings. The van der Waals surface area contributed by atoms with E-state index in [0.29, 0.717) is 18.9 Å². The largest absolute Gasteiger partial charge is 0.356 e. The van der Waals surface area contributed by atoms with Crippen molar-refractivity contribution in [3.05, 3.63) is 30.1 Å². The van der Waals surface area contributed by atoms with Gasteiger partial charge in [-0.15, -0.1) is 0 Å². The van der Waals surface area contributed by atoms with E-state index in [-0.39, 0.29) is 5.91 Å². The van der Waals surface area contributed by atoms with Gasteiger partial charge in [0.1, 0.15) is 5.82 Å². The Balaban J connectivity index is 1.51. The smallest absolute Gasteiger partial charge is 0.220 e. The van der Waals surface area contributed by atoms with Crippen molar-refractivity contribution >= 4 is 16.9 Å². The van der Waals surface area contributed by atoms with Gasteiger partial charge >= 0.3 is 0 Å². The van der Waals surface area contributed by atoms with Gasteiger partial charge < -0.3 is 10.3 Å². The van der Waals surface area contributed by atoms with E-state index in [0.717, 1.165) is 23.3 Å². The molecule has 94 valence electrons. The van der Waals surface area contributed by atoms with Gasteiger partial charge in [-0.2, -0.15) is 0 Å². The molecule has 4 heteroatoms. The predicted molar refractivity (Wildman–Crippen MR) is 70.1 cm³/mol. The molecule has 0 saturated heterocycles. The lowest BCUT2D eigenvalue weighted by Crippen LogP contribution is -2.26. The molecule has 0 spiro atoms. The monoisotopic (exact) mass is 243 g/mol. The Morgan fingerprint density at radius 3 is 3.00 bits per heavy atom. The van der Waals surface area contributed by atoms with Crippen LogP contribution in [-0.4, -0.2) is 22.4 Å². The molecule has 1 aromatic carbocycles. The van der Waals surface area contributed by atoms with Crippen LogP contribution in [0.1, 0.15) is 25.1 Å². The van der Waals surface area contributed by atoms with Crippen LogP contribution in [0.2, 0.25) is 0 Å². The number of rotatable bonds is 5. The van der Waals surface area contributed by atoms with E-state index in [2.05, 4.69) is 15.3 Å². The summed E-state index contributed by atoms with van der Waals surface area (Å²) in [5.74, 6) is 1.76. The van der Waals surface area contributed by atoms with Gasteiger partial charge in [0, 0.05) is 19.4 Å². The fourth-order valence-corrected chi connectivity index (χ4v) is 2.10. The van der Waals surface area contributed by atoms with Crippen LogP contribution in [0.15, 0.2) is 24.3 Å². The quantitative estimate of drug-likeness (QED) is 0.844. The molecule has 1 aromatic heterocycles. The lowest BCUT2D eigenvalue weighted by atomic mass is 10.3. The van der Waals surface area contributed by atoms with Crippen LogP contribution >= 0.6 is 0 Å². The summed E-state index contributed by atoms with van der Waals surface area (Å²) in [7, 11) is 0. The summed E-state index contributed by atoms with van der Waals surface area (Å²) < 4.78 is 0. The molecule has 3 rings (SSSR count). The number of aromatic amines is 1. The lowest BCUT2D eigenvalue weighted by Gasteiger charge is -2.02. The number of imidazole rings is 1. The van der Waals surface area contributed by atoms with Gasteiger partial charge in [0.15, 0.2) is 0 Å². The summed E-state index contributed by atoms with van der Waals surface area (Å²) in [5, 5.41) is 2.95. The Morgan fingerprint density at radius 1 is 1.39 bits per heavy atom. The van der Waals surface area contributed by atoms with Crippen molar-refractivity contribution in [2.45, 2.75) is 25.7 Å². The molecule has 18 heavy (non-hydrogen) atoms. The second kappa shape index (κ2) is 4.80. The maximum absolute atomic E-state index is 11.5. The van der Waals surface area contributed by atoms with Crippen LogP contribution in [0.5, 0.6) is 0 Å². The number of nitrogens with one attached hydrogen (secondary N) is 2. The molecule has 1 fully saturated rings. The molecule has 4 nitrogen and oxygen atoms in total. The van der Waals surface area contributed by atoms with Gasteiger partial charge in [0.25, 0.3) is 0 Å². The number of carbonyl (C=O) groups is 1. The fraction of sp³-hybridized carbons (Fsp3) is 0.429. The van der Waals surface area contributed by atoms with E-state index in [4.69, 9.17) is 0 Å². The summed E-state index contributed by atoms with van der Waals surface area (Å²) >= 11 is 0. The standard InChI is InChI=1S/C14H17N3O/c18-14(9-10-5-6-10)15-8-7-13-16-11-3-1-2-4-12(11)17-13/h1-4,10H,5-9H2,(H,15,18)(H,16,17). The van der Waals surface area contributed by atoms with Crippen molar-refractivity contribution in [1.82, 2.24) is 15.3 Å². The molecule has 0 unspecified atom stereocenters. The minimum atomic E-state index is 0.175. The second-order valence-corrected chi connectivity index (χ2v) is 4.95. The zero-order valence-corrected chi connectivity index (χ0v) is 10.3. The van der Waals surface area contributed by atoms with Crippen molar-refractivity contribution in [2.24, 2.45) is 5.92 Å². The highest BCUT2D eigenvalue weighted by Crippen LogP contribution is 2.31. The van der Waals surface area contributed by atoms with Crippen LogP contribution in [0.3, 0.4) is 0 Å². The van der Waals surface area contributed by atoms with Gasteiger partial charge in [0.2, 0.25) is 5.91 Å². The third kappa shape index (κ3) is 2.70. The third-order valence-electron chi connectivity index (χ3n) is 3.29. The van der Waals surface area contributed by atoms with Gasteiger partial charge in [-0.3, -0.25) is 4.79 Å². The fourth-order valence-electron chi connectivity index (χ4n) is 2.10. The van der Waals surface area contributed by atoms with Crippen LogP contribution in [0, 0.1) is 5.92 Å². The molecule has 1 aliphatic rings. The predicted octanol–water partition coefficient (Wildman–Crippen LogP) is 2.02. The number of amides is 1. The molecule has 0 atom stereocenters. The first kappa shape index (κ1) is 11.3. The van der Waals surface area contributed by atoms with Gasteiger partial charge in [-0.1, -0.05) is 12.1 Å². The van der Waals surface area contributed by atoms with E-state index < -0.39 is 0 Å². The molecule has 1 aliphatic carbocycles. The topological polar surface area (TPSA) is 57.8 Å². The number of carbonyl (C=O) groups excluding carboxylic acids is 1. The normalized spacial score (nSPS) is 14.9. The average Bonchev–Trinajstić information content (AvgIpc) is 3.07. The molecule has 0 aliphatic heterocycles. The molecule has 2 N–H and O–H groups in total. The molecule has 1 amide bonds. The zero-order valence-electron chi connectivity index (χ0n) is 10.3. The van der Waals surface area contributed by atoms with E-state index in [1.807, 2.05) is 24.3 Å². The first-order chi connectivity index (χ1) is 8.81. The molecule has 0 radical (unpaired) electrons. The molecule has 1 saturated carbocycles. The Kier molecular flexibility index (Phi) is 3.00.